The van der Waals surface area contributed by atoms with E-state index in [9.17, 15) is 4.79 Å². The lowest BCUT2D eigenvalue weighted by Gasteiger charge is -2.07. The third-order valence-corrected chi connectivity index (χ3v) is 2.14. The molecule has 3 N–H and O–H groups in total. The number of aromatic amines is 1. The highest BCUT2D eigenvalue weighted by Gasteiger charge is 2.15. The number of methoxy groups -OCH3 is 1. The van der Waals surface area contributed by atoms with E-state index in [0.29, 0.717) is 12.3 Å². The number of halogens is 2. The summed E-state index contributed by atoms with van der Waals surface area (Å²) in [5.74, 6) is 0.839. The normalized spacial score (nSPS) is 11.4. The van der Waals surface area contributed by atoms with Crippen LogP contribution in [0.5, 0.6) is 0 Å². The second kappa shape index (κ2) is 8.33. The molecule has 5 nitrogen and oxygen atoms in total. The molecular weight excluding hydrogens is 265 g/mol. The van der Waals surface area contributed by atoms with Gasteiger partial charge in [0.1, 0.15) is 11.9 Å². The van der Waals surface area contributed by atoms with Crippen LogP contribution in [0.4, 0.5) is 0 Å². The Morgan fingerprint density at radius 1 is 1.53 bits per heavy atom. The fourth-order valence-electron chi connectivity index (χ4n) is 1.25. The maximum absolute atomic E-state index is 11.1. The monoisotopic (exact) mass is 283 g/mol. The topological polar surface area (TPSA) is 81.0 Å². The van der Waals surface area contributed by atoms with Crippen molar-refractivity contribution in [3.05, 3.63) is 17.7 Å². The van der Waals surface area contributed by atoms with Crippen LogP contribution in [-0.2, 0) is 16.0 Å². The van der Waals surface area contributed by atoms with Crippen LogP contribution in [0.25, 0.3) is 0 Å². The Kier molecular flexibility index (Phi) is 9.11. The summed E-state index contributed by atoms with van der Waals surface area (Å²) in [5.41, 5.74) is 6.48. The lowest BCUT2D eigenvalue weighted by atomic mass is 10.2. The van der Waals surface area contributed by atoms with Crippen LogP contribution >= 0.6 is 24.8 Å². The summed E-state index contributed by atoms with van der Waals surface area (Å²) >= 11 is 0. The van der Waals surface area contributed by atoms with Gasteiger partial charge in [0.15, 0.2) is 0 Å². The van der Waals surface area contributed by atoms with Gasteiger partial charge in [-0.05, 0) is 0 Å². The molecule has 0 amide bonds. The predicted molar refractivity (Wildman–Crippen MR) is 70.9 cm³/mol. The molecule has 0 saturated heterocycles. The summed E-state index contributed by atoms with van der Waals surface area (Å²) in [6.07, 6.45) is 2.13. The molecule has 0 unspecified atom stereocenters. The number of H-pyrrole nitrogens is 1. The molecule has 1 heterocycles. The van der Waals surface area contributed by atoms with Gasteiger partial charge >= 0.3 is 5.97 Å². The van der Waals surface area contributed by atoms with Crippen molar-refractivity contribution in [1.82, 2.24) is 9.97 Å². The molecule has 100 valence electrons. The Morgan fingerprint density at radius 3 is 2.53 bits per heavy atom. The zero-order valence-electron chi connectivity index (χ0n) is 10.1. The Balaban J connectivity index is 0. The molecular formula is C10H19Cl2N3O2. The second-order valence-electron chi connectivity index (χ2n) is 3.78. The summed E-state index contributed by atoms with van der Waals surface area (Å²) in [6.45, 7) is 4.09. The number of carbonyl (C=O) groups is 1. The van der Waals surface area contributed by atoms with Crippen LogP contribution in [0.3, 0.4) is 0 Å². The summed E-state index contributed by atoms with van der Waals surface area (Å²) < 4.78 is 4.54. The van der Waals surface area contributed by atoms with Crippen LogP contribution in [-0.4, -0.2) is 29.1 Å². The summed E-state index contributed by atoms with van der Waals surface area (Å²) in [6, 6.07) is -0.629. The van der Waals surface area contributed by atoms with Gasteiger partial charge in [-0.1, -0.05) is 13.8 Å². The van der Waals surface area contributed by atoms with E-state index in [-0.39, 0.29) is 24.8 Å². The SMILES string of the molecule is COC(=O)[C@@H](N)Cc1cnc(C(C)C)[nH]1.Cl.Cl. The third kappa shape index (κ3) is 5.39. The molecule has 0 spiro atoms. The number of esters is 1. The molecule has 0 aliphatic carbocycles. The van der Waals surface area contributed by atoms with Crippen LogP contribution in [0.1, 0.15) is 31.3 Å². The van der Waals surface area contributed by atoms with Crippen molar-refractivity contribution in [2.24, 2.45) is 5.73 Å². The van der Waals surface area contributed by atoms with Gasteiger partial charge in [0, 0.05) is 24.2 Å². The van der Waals surface area contributed by atoms with Gasteiger partial charge in [0.25, 0.3) is 0 Å². The van der Waals surface area contributed by atoms with E-state index < -0.39 is 12.0 Å². The molecule has 0 aliphatic rings. The van der Waals surface area contributed by atoms with Crippen LogP contribution < -0.4 is 5.73 Å². The third-order valence-electron chi connectivity index (χ3n) is 2.14. The van der Waals surface area contributed by atoms with Crippen molar-refractivity contribution in [3.8, 4) is 0 Å². The van der Waals surface area contributed by atoms with E-state index in [2.05, 4.69) is 14.7 Å². The Labute approximate surface area is 113 Å². The van der Waals surface area contributed by atoms with E-state index in [1.54, 1.807) is 6.20 Å². The number of carbonyl (C=O) groups excluding carboxylic acids is 1. The number of hydrogen-bond acceptors (Lipinski definition) is 4. The first-order chi connectivity index (χ1) is 7.04. The van der Waals surface area contributed by atoms with Crippen molar-refractivity contribution in [2.75, 3.05) is 7.11 Å². The van der Waals surface area contributed by atoms with Crippen molar-refractivity contribution in [1.29, 1.82) is 0 Å². The summed E-state index contributed by atoms with van der Waals surface area (Å²) in [4.78, 5) is 18.4. The average Bonchev–Trinajstić information content (AvgIpc) is 2.65. The molecule has 1 aromatic heterocycles. The summed E-state index contributed by atoms with van der Waals surface area (Å²) in [5, 5.41) is 0. The minimum Gasteiger partial charge on any atom is -0.468 e. The first-order valence-corrected chi connectivity index (χ1v) is 4.91. The number of hydrogen-bond donors (Lipinski definition) is 2. The Morgan fingerprint density at radius 2 is 2.12 bits per heavy atom. The van der Waals surface area contributed by atoms with E-state index in [0.717, 1.165) is 11.5 Å². The molecule has 0 saturated carbocycles. The number of imidazole rings is 1. The molecule has 0 aliphatic heterocycles. The number of nitrogens with zero attached hydrogens (tertiary/aromatic N) is 1. The molecule has 7 heteroatoms. The summed E-state index contributed by atoms with van der Waals surface area (Å²) in [7, 11) is 1.33. The lowest BCUT2D eigenvalue weighted by molar-refractivity contribution is -0.142. The van der Waals surface area contributed by atoms with Gasteiger partial charge in [-0.2, -0.15) is 0 Å². The zero-order chi connectivity index (χ0) is 11.4. The molecule has 0 bridgehead atoms. The van der Waals surface area contributed by atoms with E-state index in [1.807, 2.05) is 13.8 Å². The highest BCUT2D eigenvalue weighted by molar-refractivity contribution is 5.85. The number of ether oxygens (including phenoxy) is 1. The van der Waals surface area contributed by atoms with Crippen molar-refractivity contribution < 1.29 is 9.53 Å². The Hall–Kier alpha value is -0.780. The zero-order valence-corrected chi connectivity index (χ0v) is 11.7. The molecule has 0 aromatic carbocycles. The molecule has 1 aromatic rings. The average molecular weight is 284 g/mol. The number of nitrogens with one attached hydrogen (secondary N) is 1. The molecule has 17 heavy (non-hydrogen) atoms. The van der Waals surface area contributed by atoms with Crippen molar-refractivity contribution >= 4 is 30.8 Å². The lowest BCUT2D eigenvalue weighted by Crippen LogP contribution is -2.33. The van der Waals surface area contributed by atoms with Crippen LogP contribution in [0, 0.1) is 0 Å². The maximum Gasteiger partial charge on any atom is 0.323 e. The minimum atomic E-state index is -0.629. The van der Waals surface area contributed by atoms with E-state index in [1.165, 1.54) is 7.11 Å². The first-order valence-electron chi connectivity index (χ1n) is 4.91. The van der Waals surface area contributed by atoms with Crippen LogP contribution in [0.15, 0.2) is 6.20 Å². The second-order valence-corrected chi connectivity index (χ2v) is 3.78. The van der Waals surface area contributed by atoms with Gasteiger partial charge in [-0.15, -0.1) is 24.8 Å². The highest BCUT2D eigenvalue weighted by atomic mass is 35.5. The highest BCUT2D eigenvalue weighted by Crippen LogP contribution is 2.10. The van der Waals surface area contributed by atoms with E-state index in [4.69, 9.17) is 5.73 Å². The largest absolute Gasteiger partial charge is 0.468 e. The quantitative estimate of drug-likeness (QED) is 0.819. The van der Waals surface area contributed by atoms with Gasteiger partial charge < -0.3 is 15.5 Å². The number of rotatable bonds is 4. The fourth-order valence-corrected chi connectivity index (χ4v) is 1.25. The molecule has 0 fully saturated rings. The van der Waals surface area contributed by atoms with Crippen LogP contribution in [0.2, 0.25) is 0 Å². The standard InChI is InChI=1S/C10H17N3O2.2ClH/c1-6(2)9-12-5-7(13-9)4-8(11)10(14)15-3;;/h5-6,8H,4,11H2,1-3H3,(H,12,13);2*1H/t8-;;/m0../s1. The molecule has 1 rings (SSSR count). The minimum absolute atomic E-state index is 0. The Bertz CT molecular complexity index is 342. The smallest absolute Gasteiger partial charge is 0.323 e. The molecule has 0 radical (unpaired) electrons. The van der Waals surface area contributed by atoms with Gasteiger partial charge in [0.05, 0.1) is 7.11 Å². The van der Waals surface area contributed by atoms with Crippen molar-refractivity contribution in [2.45, 2.75) is 32.2 Å². The van der Waals surface area contributed by atoms with Gasteiger partial charge in [0.2, 0.25) is 0 Å². The van der Waals surface area contributed by atoms with Crippen molar-refractivity contribution in [3.63, 3.8) is 0 Å². The molecule has 1 atom stereocenters. The van der Waals surface area contributed by atoms with E-state index >= 15 is 0 Å². The predicted octanol–water partition coefficient (Wildman–Crippen LogP) is 1.42. The van der Waals surface area contributed by atoms with Gasteiger partial charge in [-0.25, -0.2) is 4.98 Å². The number of nitrogens with two attached hydrogens (primary N) is 1. The number of aromatic nitrogens is 2. The van der Waals surface area contributed by atoms with Gasteiger partial charge in [-0.3, -0.25) is 4.79 Å². The first kappa shape index (κ1) is 18.6. The fraction of sp³-hybridized carbons (Fsp3) is 0.600. The maximum atomic E-state index is 11.1.